The second kappa shape index (κ2) is 7.37. The van der Waals surface area contributed by atoms with Gasteiger partial charge in [0.25, 0.3) is 0 Å². The number of hydrogen-bond acceptors (Lipinski definition) is 3. The van der Waals surface area contributed by atoms with Gasteiger partial charge in [0.1, 0.15) is 0 Å². The van der Waals surface area contributed by atoms with Crippen LogP contribution < -0.4 is 10.6 Å². The third kappa shape index (κ3) is 3.92. The van der Waals surface area contributed by atoms with Crippen LogP contribution in [-0.4, -0.2) is 24.4 Å². The lowest BCUT2D eigenvalue weighted by Crippen LogP contribution is -2.21. The van der Waals surface area contributed by atoms with Crippen LogP contribution in [0.25, 0.3) is 0 Å². The minimum atomic E-state index is 0.635. The fourth-order valence-corrected chi connectivity index (χ4v) is 4.60. The van der Waals surface area contributed by atoms with E-state index in [4.69, 9.17) is 0 Å². The van der Waals surface area contributed by atoms with E-state index in [1.165, 1.54) is 62.1 Å². The molecule has 2 nitrogen and oxygen atoms in total. The standard InChI is InChI=1S/C17H26N2S/c1-2-8-15(7-1)20-17-10-4-3-9-16(17)19-14-6-5-12-18-13-11-14/h3-4,9-10,14-15,18-19H,1-2,5-8,11-13H2. The Hall–Kier alpha value is -0.670. The summed E-state index contributed by atoms with van der Waals surface area (Å²) in [6.45, 7) is 2.33. The monoisotopic (exact) mass is 290 g/mol. The van der Waals surface area contributed by atoms with Gasteiger partial charge in [-0.25, -0.2) is 0 Å². The molecule has 3 heteroatoms. The normalized spacial score (nSPS) is 24.5. The predicted octanol–water partition coefficient (Wildman–Crippen LogP) is 4.28. The molecule has 0 aromatic heterocycles. The average molecular weight is 290 g/mol. The highest BCUT2D eigenvalue weighted by molar-refractivity contribution is 8.00. The van der Waals surface area contributed by atoms with Crippen molar-refractivity contribution in [1.29, 1.82) is 0 Å². The molecule has 2 fully saturated rings. The zero-order valence-corrected chi connectivity index (χ0v) is 13.1. The number of thioether (sulfide) groups is 1. The van der Waals surface area contributed by atoms with E-state index in [1.54, 1.807) is 0 Å². The van der Waals surface area contributed by atoms with Crippen molar-refractivity contribution in [1.82, 2.24) is 5.32 Å². The Morgan fingerprint density at radius 3 is 2.70 bits per heavy atom. The molecule has 2 N–H and O–H groups in total. The van der Waals surface area contributed by atoms with Gasteiger partial charge in [0.2, 0.25) is 0 Å². The number of benzene rings is 1. The maximum Gasteiger partial charge on any atom is 0.0480 e. The highest BCUT2D eigenvalue weighted by atomic mass is 32.2. The van der Waals surface area contributed by atoms with E-state index in [-0.39, 0.29) is 0 Å². The van der Waals surface area contributed by atoms with Crippen molar-refractivity contribution in [2.45, 2.75) is 61.1 Å². The first-order chi connectivity index (χ1) is 9.92. The first-order valence-electron chi connectivity index (χ1n) is 8.15. The number of anilines is 1. The molecule has 1 aromatic rings. The van der Waals surface area contributed by atoms with Gasteiger partial charge in [-0.05, 0) is 57.3 Å². The summed E-state index contributed by atoms with van der Waals surface area (Å²) in [5.74, 6) is 0. The molecule has 1 aliphatic heterocycles. The molecule has 0 radical (unpaired) electrons. The molecule has 1 aliphatic carbocycles. The largest absolute Gasteiger partial charge is 0.381 e. The summed E-state index contributed by atoms with van der Waals surface area (Å²) in [6.07, 6.45) is 9.44. The molecule has 1 saturated heterocycles. The molecule has 20 heavy (non-hydrogen) atoms. The number of rotatable bonds is 4. The lowest BCUT2D eigenvalue weighted by molar-refractivity contribution is 0.636. The smallest absolute Gasteiger partial charge is 0.0480 e. The van der Waals surface area contributed by atoms with Gasteiger partial charge in [0.05, 0.1) is 0 Å². The summed E-state index contributed by atoms with van der Waals surface area (Å²) in [7, 11) is 0. The molecule has 0 amide bonds. The zero-order chi connectivity index (χ0) is 13.6. The molecule has 3 rings (SSSR count). The average Bonchev–Trinajstić information content (AvgIpc) is 2.84. The molecule has 110 valence electrons. The number of nitrogens with one attached hydrogen (secondary N) is 2. The highest BCUT2D eigenvalue weighted by Crippen LogP contribution is 2.38. The van der Waals surface area contributed by atoms with Gasteiger partial charge < -0.3 is 10.6 Å². The fraction of sp³-hybridized carbons (Fsp3) is 0.647. The summed E-state index contributed by atoms with van der Waals surface area (Å²) < 4.78 is 0. The molecular weight excluding hydrogens is 264 g/mol. The summed E-state index contributed by atoms with van der Waals surface area (Å²) >= 11 is 2.09. The Labute approximate surface area is 127 Å². The number of para-hydroxylation sites is 1. The lowest BCUT2D eigenvalue weighted by Gasteiger charge is -2.21. The van der Waals surface area contributed by atoms with Crippen LogP contribution in [0.5, 0.6) is 0 Å². The molecule has 1 atom stereocenters. The molecule has 0 spiro atoms. The molecule has 1 aromatic carbocycles. The van der Waals surface area contributed by atoms with E-state index >= 15 is 0 Å². The fourth-order valence-electron chi connectivity index (χ4n) is 3.26. The molecular formula is C17H26N2S. The van der Waals surface area contributed by atoms with E-state index in [0.717, 1.165) is 11.8 Å². The van der Waals surface area contributed by atoms with Gasteiger partial charge in [0, 0.05) is 21.9 Å². The van der Waals surface area contributed by atoms with Crippen molar-refractivity contribution in [2.75, 3.05) is 18.4 Å². The van der Waals surface area contributed by atoms with Crippen molar-refractivity contribution >= 4 is 17.4 Å². The topological polar surface area (TPSA) is 24.1 Å². The second-order valence-corrected chi connectivity index (χ2v) is 7.38. The van der Waals surface area contributed by atoms with Gasteiger partial charge in [-0.3, -0.25) is 0 Å². The van der Waals surface area contributed by atoms with Crippen LogP contribution in [-0.2, 0) is 0 Å². The third-order valence-corrected chi connectivity index (χ3v) is 5.83. The van der Waals surface area contributed by atoms with E-state index in [1.807, 2.05) is 0 Å². The third-order valence-electron chi connectivity index (χ3n) is 4.42. The summed E-state index contributed by atoms with van der Waals surface area (Å²) in [4.78, 5) is 1.46. The van der Waals surface area contributed by atoms with Gasteiger partial charge in [-0.2, -0.15) is 0 Å². The second-order valence-electron chi connectivity index (χ2n) is 6.04. The van der Waals surface area contributed by atoms with Crippen LogP contribution in [0.3, 0.4) is 0 Å². The van der Waals surface area contributed by atoms with Crippen molar-refractivity contribution in [3.63, 3.8) is 0 Å². The maximum absolute atomic E-state index is 3.80. The minimum Gasteiger partial charge on any atom is -0.381 e. The van der Waals surface area contributed by atoms with Crippen LogP contribution in [0, 0.1) is 0 Å². The van der Waals surface area contributed by atoms with Crippen LogP contribution in [0.1, 0.15) is 44.9 Å². The van der Waals surface area contributed by atoms with Crippen molar-refractivity contribution in [3.8, 4) is 0 Å². The first-order valence-corrected chi connectivity index (χ1v) is 9.03. The first kappa shape index (κ1) is 14.3. The van der Waals surface area contributed by atoms with Gasteiger partial charge in [-0.15, -0.1) is 11.8 Å². The van der Waals surface area contributed by atoms with Gasteiger partial charge in [-0.1, -0.05) is 25.0 Å². The van der Waals surface area contributed by atoms with E-state index in [9.17, 15) is 0 Å². The van der Waals surface area contributed by atoms with Crippen LogP contribution in [0.15, 0.2) is 29.2 Å². The Balaban J connectivity index is 1.65. The molecule has 0 bridgehead atoms. The molecule has 1 saturated carbocycles. The molecule has 1 heterocycles. The lowest BCUT2D eigenvalue weighted by atomic mass is 10.1. The van der Waals surface area contributed by atoms with Crippen LogP contribution >= 0.6 is 11.8 Å². The Morgan fingerprint density at radius 2 is 1.80 bits per heavy atom. The van der Waals surface area contributed by atoms with Crippen LogP contribution in [0.2, 0.25) is 0 Å². The summed E-state index contributed by atoms with van der Waals surface area (Å²) in [6, 6.07) is 9.53. The molecule has 2 aliphatic rings. The van der Waals surface area contributed by atoms with E-state index in [2.05, 4.69) is 46.7 Å². The van der Waals surface area contributed by atoms with Crippen molar-refractivity contribution < 1.29 is 0 Å². The van der Waals surface area contributed by atoms with Crippen LogP contribution in [0.4, 0.5) is 5.69 Å². The maximum atomic E-state index is 3.80. The van der Waals surface area contributed by atoms with Gasteiger partial charge >= 0.3 is 0 Å². The Morgan fingerprint density at radius 1 is 0.950 bits per heavy atom. The van der Waals surface area contributed by atoms with E-state index < -0.39 is 0 Å². The van der Waals surface area contributed by atoms with E-state index in [0.29, 0.717) is 6.04 Å². The van der Waals surface area contributed by atoms with Crippen molar-refractivity contribution in [3.05, 3.63) is 24.3 Å². The minimum absolute atomic E-state index is 0.635. The SMILES string of the molecule is c1ccc(SC2CCCC2)c(NC2CCCNCC2)c1. The van der Waals surface area contributed by atoms with Gasteiger partial charge in [0.15, 0.2) is 0 Å². The summed E-state index contributed by atoms with van der Waals surface area (Å²) in [5, 5.41) is 8.14. The number of hydrogen-bond donors (Lipinski definition) is 2. The quantitative estimate of drug-likeness (QED) is 0.865. The summed E-state index contributed by atoms with van der Waals surface area (Å²) in [5.41, 5.74) is 1.36. The Kier molecular flexibility index (Phi) is 5.26. The Bertz CT molecular complexity index is 407. The predicted molar refractivity (Wildman–Crippen MR) is 88.7 cm³/mol. The highest BCUT2D eigenvalue weighted by Gasteiger charge is 2.18. The van der Waals surface area contributed by atoms with Crippen molar-refractivity contribution in [2.24, 2.45) is 0 Å². The molecule has 1 unspecified atom stereocenters. The zero-order valence-electron chi connectivity index (χ0n) is 12.2.